The van der Waals surface area contributed by atoms with Crippen LogP contribution in [-0.4, -0.2) is 36.9 Å². The van der Waals surface area contributed by atoms with Crippen LogP contribution >= 0.6 is 0 Å². The Labute approximate surface area is 165 Å². The molecule has 1 N–H and O–H groups in total. The molecule has 2 heterocycles. The first-order chi connectivity index (χ1) is 13.3. The van der Waals surface area contributed by atoms with Crippen molar-refractivity contribution in [3.8, 4) is 11.6 Å². The zero-order chi connectivity index (χ0) is 20.3. The molecule has 150 valence electrons. The molecule has 28 heavy (non-hydrogen) atoms. The van der Waals surface area contributed by atoms with Gasteiger partial charge in [0.1, 0.15) is 23.6 Å². The number of carbonyl (C=O) groups is 1. The van der Waals surface area contributed by atoms with E-state index in [0.717, 1.165) is 22.6 Å². The molecule has 1 aromatic heterocycles. The summed E-state index contributed by atoms with van der Waals surface area (Å²) in [7, 11) is 1.65. The van der Waals surface area contributed by atoms with Gasteiger partial charge in [0.2, 0.25) is 5.88 Å². The Morgan fingerprint density at radius 1 is 1.29 bits per heavy atom. The molecule has 0 atom stereocenters. The summed E-state index contributed by atoms with van der Waals surface area (Å²) >= 11 is 0. The molecule has 3 rings (SSSR count). The van der Waals surface area contributed by atoms with Crippen LogP contribution in [0.4, 0.5) is 16.2 Å². The average molecular weight is 385 g/mol. The number of aromatic nitrogens is 1. The highest BCUT2D eigenvalue weighted by Crippen LogP contribution is 2.37. The Hall–Kier alpha value is -2.96. The molecule has 0 aliphatic carbocycles. The fraction of sp³-hybridized carbons (Fsp3) is 0.429. The number of ether oxygens (including phenoxy) is 3. The largest absolute Gasteiger partial charge is 0.497 e. The number of nitrogens with one attached hydrogen (secondary N) is 1. The summed E-state index contributed by atoms with van der Waals surface area (Å²) < 4.78 is 16.4. The third-order valence-corrected chi connectivity index (χ3v) is 4.35. The van der Waals surface area contributed by atoms with Crippen molar-refractivity contribution in [2.24, 2.45) is 0 Å². The SMILES string of the molecule is COc1ccc(CNc2cnc3c(c2C)N(C(=O)OC(C)(C)C)CCO3)cc1. The molecule has 1 aromatic carbocycles. The maximum Gasteiger partial charge on any atom is 0.415 e. The number of carbonyl (C=O) groups excluding carboxylic acids is 1. The van der Waals surface area contributed by atoms with E-state index in [1.54, 1.807) is 18.2 Å². The van der Waals surface area contributed by atoms with Gasteiger partial charge in [-0.05, 0) is 45.4 Å². The van der Waals surface area contributed by atoms with Gasteiger partial charge in [-0.3, -0.25) is 4.90 Å². The number of methoxy groups -OCH3 is 1. The lowest BCUT2D eigenvalue weighted by atomic mass is 10.1. The van der Waals surface area contributed by atoms with Gasteiger partial charge in [-0.15, -0.1) is 0 Å². The summed E-state index contributed by atoms with van der Waals surface area (Å²) in [5.41, 5.74) is 2.93. The molecule has 0 spiro atoms. The minimum atomic E-state index is -0.568. The second-order valence-electron chi connectivity index (χ2n) is 7.63. The van der Waals surface area contributed by atoms with E-state index < -0.39 is 11.7 Å². The highest BCUT2D eigenvalue weighted by molar-refractivity contribution is 5.92. The van der Waals surface area contributed by atoms with Gasteiger partial charge in [0.15, 0.2) is 0 Å². The van der Waals surface area contributed by atoms with Crippen LogP contribution in [0.3, 0.4) is 0 Å². The predicted molar refractivity (Wildman–Crippen MR) is 108 cm³/mol. The van der Waals surface area contributed by atoms with Crippen molar-refractivity contribution in [3.05, 3.63) is 41.6 Å². The first-order valence-corrected chi connectivity index (χ1v) is 9.28. The van der Waals surface area contributed by atoms with E-state index in [1.165, 1.54) is 0 Å². The quantitative estimate of drug-likeness (QED) is 0.853. The van der Waals surface area contributed by atoms with Crippen LogP contribution in [0.25, 0.3) is 0 Å². The van der Waals surface area contributed by atoms with Crippen molar-refractivity contribution in [1.29, 1.82) is 0 Å². The van der Waals surface area contributed by atoms with E-state index in [-0.39, 0.29) is 0 Å². The summed E-state index contributed by atoms with van der Waals surface area (Å²) in [5.74, 6) is 1.27. The van der Waals surface area contributed by atoms with E-state index in [9.17, 15) is 4.79 Å². The van der Waals surface area contributed by atoms with Crippen LogP contribution in [0.1, 0.15) is 31.9 Å². The van der Waals surface area contributed by atoms with E-state index in [2.05, 4.69) is 10.3 Å². The van der Waals surface area contributed by atoms with Gasteiger partial charge < -0.3 is 19.5 Å². The molecule has 0 fully saturated rings. The van der Waals surface area contributed by atoms with E-state index >= 15 is 0 Å². The molecule has 0 unspecified atom stereocenters. The molecular formula is C21H27N3O4. The molecule has 7 nitrogen and oxygen atoms in total. The molecule has 1 amide bonds. The lowest BCUT2D eigenvalue weighted by Gasteiger charge is -2.32. The fourth-order valence-corrected chi connectivity index (χ4v) is 2.96. The monoisotopic (exact) mass is 385 g/mol. The van der Waals surface area contributed by atoms with Crippen LogP contribution < -0.4 is 19.7 Å². The summed E-state index contributed by atoms with van der Waals surface area (Å²) in [6.45, 7) is 8.93. The predicted octanol–water partition coefficient (Wildman–Crippen LogP) is 4.14. The third kappa shape index (κ3) is 4.47. The number of nitrogens with zero attached hydrogens (tertiary/aromatic N) is 2. The first-order valence-electron chi connectivity index (χ1n) is 9.28. The zero-order valence-electron chi connectivity index (χ0n) is 17.0. The highest BCUT2D eigenvalue weighted by Gasteiger charge is 2.31. The van der Waals surface area contributed by atoms with E-state index in [1.807, 2.05) is 52.0 Å². The fourth-order valence-electron chi connectivity index (χ4n) is 2.96. The molecule has 0 radical (unpaired) electrons. The summed E-state index contributed by atoms with van der Waals surface area (Å²) in [6, 6.07) is 7.85. The maximum atomic E-state index is 12.7. The standard InChI is InChI=1S/C21H27N3O4/c1-14-17(22-12-15-6-8-16(26-5)9-7-15)13-23-19-18(14)24(10-11-27-19)20(25)28-21(2,3)4/h6-9,13,22H,10-12H2,1-5H3. The van der Waals surface area contributed by atoms with Gasteiger partial charge in [-0.2, -0.15) is 0 Å². The number of rotatable bonds is 4. The van der Waals surface area contributed by atoms with Crippen LogP contribution in [0.5, 0.6) is 11.6 Å². The molecule has 0 saturated heterocycles. The number of anilines is 2. The second kappa shape index (κ2) is 7.96. The van der Waals surface area contributed by atoms with Crippen LogP contribution in [-0.2, 0) is 11.3 Å². The van der Waals surface area contributed by atoms with Gasteiger partial charge in [0, 0.05) is 12.1 Å². The molecule has 7 heteroatoms. The third-order valence-electron chi connectivity index (χ3n) is 4.35. The smallest absolute Gasteiger partial charge is 0.415 e. The number of hydrogen-bond donors (Lipinski definition) is 1. The van der Waals surface area contributed by atoms with Crippen LogP contribution in [0, 0.1) is 6.92 Å². The number of hydrogen-bond acceptors (Lipinski definition) is 6. The summed E-state index contributed by atoms with van der Waals surface area (Å²) in [6.07, 6.45) is 1.34. The minimum absolute atomic E-state index is 0.386. The molecule has 0 bridgehead atoms. The summed E-state index contributed by atoms with van der Waals surface area (Å²) in [5, 5.41) is 3.39. The van der Waals surface area contributed by atoms with Gasteiger partial charge in [0.25, 0.3) is 0 Å². The number of fused-ring (bicyclic) bond motifs is 1. The Morgan fingerprint density at radius 3 is 2.64 bits per heavy atom. The van der Waals surface area contributed by atoms with Gasteiger partial charge >= 0.3 is 6.09 Å². The van der Waals surface area contributed by atoms with Crippen LogP contribution in [0.15, 0.2) is 30.5 Å². The highest BCUT2D eigenvalue weighted by atomic mass is 16.6. The first kappa shape index (κ1) is 19.8. The molecule has 0 saturated carbocycles. The lowest BCUT2D eigenvalue weighted by molar-refractivity contribution is 0.0566. The summed E-state index contributed by atoms with van der Waals surface area (Å²) in [4.78, 5) is 18.7. The Morgan fingerprint density at radius 2 is 2.00 bits per heavy atom. The Bertz CT molecular complexity index is 844. The zero-order valence-corrected chi connectivity index (χ0v) is 17.0. The van der Waals surface area contributed by atoms with Crippen molar-refractivity contribution in [1.82, 2.24) is 4.98 Å². The minimum Gasteiger partial charge on any atom is -0.497 e. The van der Waals surface area contributed by atoms with Gasteiger partial charge in [0.05, 0.1) is 25.5 Å². The van der Waals surface area contributed by atoms with Crippen molar-refractivity contribution in [2.45, 2.75) is 39.8 Å². The Kier molecular flexibility index (Phi) is 5.63. The number of benzene rings is 1. The van der Waals surface area contributed by atoms with E-state index in [0.29, 0.717) is 31.3 Å². The topological polar surface area (TPSA) is 72.9 Å². The van der Waals surface area contributed by atoms with Crippen molar-refractivity contribution in [3.63, 3.8) is 0 Å². The number of pyridine rings is 1. The maximum absolute atomic E-state index is 12.7. The number of amides is 1. The van der Waals surface area contributed by atoms with Gasteiger partial charge in [-0.25, -0.2) is 9.78 Å². The van der Waals surface area contributed by atoms with Crippen LogP contribution in [0.2, 0.25) is 0 Å². The van der Waals surface area contributed by atoms with Crippen molar-refractivity contribution < 1.29 is 19.0 Å². The molecule has 2 aromatic rings. The van der Waals surface area contributed by atoms with Gasteiger partial charge in [-0.1, -0.05) is 12.1 Å². The lowest BCUT2D eigenvalue weighted by Crippen LogP contribution is -2.42. The van der Waals surface area contributed by atoms with E-state index in [4.69, 9.17) is 14.2 Å². The average Bonchev–Trinajstić information content (AvgIpc) is 2.66. The Balaban J connectivity index is 1.81. The normalized spacial score (nSPS) is 13.4. The van der Waals surface area contributed by atoms with Crippen molar-refractivity contribution in [2.75, 3.05) is 30.5 Å². The second-order valence-corrected chi connectivity index (χ2v) is 7.63. The van der Waals surface area contributed by atoms with Crippen molar-refractivity contribution >= 4 is 17.5 Å². The molecular weight excluding hydrogens is 358 g/mol. The molecule has 1 aliphatic heterocycles. The molecule has 1 aliphatic rings.